The molecule has 1 saturated heterocycles. The van der Waals surface area contributed by atoms with Gasteiger partial charge in [-0.1, -0.05) is 12.1 Å². The molecule has 1 N–H and O–H groups in total. The molecular formula is C18H20N4O. The number of pyridine rings is 1. The average Bonchev–Trinajstić information content (AvgIpc) is 3.10. The van der Waals surface area contributed by atoms with Crippen LogP contribution in [0.5, 0.6) is 0 Å². The van der Waals surface area contributed by atoms with Crippen LogP contribution in [0.25, 0.3) is 0 Å². The minimum atomic E-state index is 0.139. The van der Waals surface area contributed by atoms with Crippen LogP contribution in [0, 0.1) is 0 Å². The molecule has 0 radical (unpaired) electrons. The van der Waals surface area contributed by atoms with Crippen LogP contribution < -0.4 is 10.2 Å². The summed E-state index contributed by atoms with van der Waals surface area (Å²) >= 11 is 0. The Morgan fingerprint density at radius 3 is 2.61 bits per heavy atom. The van der Waals surface area contributed by atoms with E-state index in [2.05, 4.69) is 21.3 Å². The first-order valence-corrected chi connectivity index (χ1v) is 8.09. The number of amides is 1. The molecule has 1 aromatic carbocycles. The first kappa shape index (κ1) is 14.2. The van der Waals surface area contributed by atoms with Gasteiger partial charge in [-0.25, -0.2) is 4.98 Å². The molecule has 2 aliphatic heterocycles. The number of benzene rings is 1. The molecule has 0 aliphatic carbocycles. The number of fused-ring (bicyclic) bond motifs is 1. The van der Waals surface area contributed by atoms with Crippen LogP contribution in [0.2, 0.25) is 0 Å². The normalized spacial score (nSPS) is 17.2. The molecule has 1 aromatic heterocycles. The molecule has 0 saturated carbocycles. The van der Waals surface area contributed by atoms with Gasteiger partial charge in [-0.2, -0.15) is 0 Å². The number of aromatic nitrogens is 1. The average molecular weight is 308 g/mol. The van der Waals surface area contributed by atoms with Gasteiger partial charge in [-0.05, 0) is 35.4 Å². The van der Waals surface area contributed by atoms with Crippen LogP contribution in [-0.4, -0.2) is 42.0 Å². The molecule has 0 atom stereocenters. The van der Waals surface area contributed by atoms with E-state index in [-0.39, 0.29) is 5.91 Å². The quantitative estimate of drug-likeness (QED) is 0.916. The molecule has 2 aliphatic rings. The molecule has 1 amide bonds. The van der Waals surface area contributed by atoms with Crippen molar-refractivity contribution < 1.29 is 4.79 Å². The van der Waals surface area contributed by atoms with Crippen molar-refractivity contribution in [1.29, 1.82) is 0 Å². The number of anilines is 1. The third kappa shape index (κ3) is 2.80. The zero-order chi connectivity index (χ0) is 15.6. The van der Waals surface area contributed by atoms with Crippen LogP contribution in [0.4, 0.5) is 5.82 Å². The molecule has 118 valence electrons. The second-order valence-corrected chi connectivity index (χ2v) is 6.05. The topological polar surface area (TPSA) is 48.5 Å². The summed E-state index contributed by atoms with van der Waals surface area (Å²) in [5.74, 6) is 1.13. The number of carbonyl (C=O) groups is 1. The van der Waals surface area contributed by atoms with E-state index < -0.39 is 0 Å². The molecule has 4 rings (SSSR count). The van der Waals surface area contributed by atoms with Gasteiger partial charge >= 0.3 is 0 Å². The van der Waals surface area contributed by atoms with E-state index in [1.165, 1.54) is 11.1 Å². The van der Waals surface area contributed by atoms with Crippen molar-refractivity contribution in [2.24, 2.45) is 0 Å². The molecule has 1 fully saturated rings. The first-order valence-electron chi connectivity index (χ1n) is 8.09. The van der Waals surface area contributed by atoms with Gasteiger partial charge in [0.15, 0.2) is 0 Å². The van der Waals surface area contributed by atoms with Gasteiger partial charge in [0.25, 0.3) is 5.91 Å². The zero-order valence-corrected chi connectivity index (χ0v) is 13.0. The number of hydrogen-bond donors (Lipinski definition) is 1. The molecule has 5 nitrogen and oxygen atoms in total. The van der Waals surface area contributed by atoms with Crippen LogP contribution in [0.3, 0.4) is 0 Å². The van der Waals surface area contributed by atoms with Gasteiger partial charge in [-0.15, -0.1) is 0 Å². The van der Waals surface area contributed by atoms with Gasteiger partial charge in [-0.3, -0.25) is 4.79 Å². The van der Waals surface area contributed by atoms with Crippen molar-refractivity contribution in [3.63, 3.8) is 0 Å². The fourth-order valence-corrected chi connectivity index (χ4v) is 3.29. The zero-order valence-electron chi connectivity index (χ0n) is 13.0. The second-order valence-electron chi connectivity index (χ2n) is 6.05. The molecule has 23 heavy (non-hydrogen) atoms. The lowest BCUT2D eigenvalue weighted by Crippen LogP contribution is -2.49. The molecule has 0 spiro atoms. The van der Waals surface area contributed by atoms with Gasteiger partial charge in [0.05, 0.1) is 0 Å². The van der Waals surface area contributed by atoms with Crippen LogP contribution in [0.1, 0.15) is 21.5 Å². The summed E-state index contributed by atoms with van der Waals surface area (Å²) in [7, 11) is 0. The maximum absolute atomic E-state index is 12.7. The maximum Gasteiger partial charge on any atom is 0.253 e. The molecular weight excluding hydrogens is 288 g/mol. The predicted octanol–water partition coefficient (Wildman–Crippen LogP) is 1.65. The Morgan fingerprint density at radius 1 is 1.00 bits per heavy atom. The summed E-state index contributed by atoms with van der Waals surface area (Å²) in [5.41, 5.74) is 3.36. The fraction of sp³-hybridized carbons (Fsp3) is 0.333. The van der Waals surface area contributed by atoms with Gasteiger partial charge in [0, 0.05) is 51.0 Å². The number of rotatable bonds is 2. The van der Waals surface area contributed by atoms with Crippen molar-refractivity contribution in [3.8, 4) is 0 Å². The SMILES string of the molecule is O=C(c1ccc2c(c1)CNC2)N1CCN(c2ccccn2)CC1. The van der Waals surface area contributed by atoms with Crippen molar-refractivity contribution >= 4 is 11.7 Å². The number of piperazine rings is 1. The number of hydrogen-bond acceptors (Lipinski definition) is 4. The second kappa shape index (κ2) is 6.01. The third-order valence-corrected chi connectivity index (χ3v) is 4.62. The molecule has 2 aromatic rings. The van der Waals surface area contributed by atoms with E-state index in [9.17, 15) is 4.79 Å². The standard InChI is InChI=1S/C18H20N4O/c23-18(14-4-5-15-12-19-13-16(15)11-14)22-9-7-21(8-10-22)17-3-1-2-6-20-17/h1-6,11,19H,7-10,12-13H2. The van der Waals surface area contributed by atoms with Crippen molar-refractivity contribution in [3.05, 3.63) is 59.3 Å². The number of nitrogens with zero attached hydrogens (tertiary/aromatic N) is 3. The summed E-state index contributed by atoms with van der Waals surface area (Å²) in [6.07, 6.45) is 1.81. The summed E-state index contributed by atoms with van der Waals surface area (Å²) in [6.45, 7) is 4.91. The van der Waals surface area contributed by atoms with E-state index in [0.29, 0.717) is 0 Å². The minimum Gasteiger partial charge on any atom is -0.353 e. The molecule has 0 bridgehead atoms. The highest BCUT2D eigenvalue weighted by molar-refractivity contribution is 5.94. The van der Waals surface area contributed by atoms with Crippen molar-refractivity contribution in [2.45, 2.75) is 13.1 Å². The highest BCUT2D eigenvalue weighted by atomic mass is 16.2. The van der Waals surface area contributed by atoms with Crippen molar-refractivity contribution in [2.75, 3.05) is 31.1 Å². The summed E-state index contributed by atoms with van der Waals surface area (Å²) < 4.78 is 0. The Hall–Kier alpha value is -2.40. The lowest BCUT2D eigenvalue weighted by Gasteiger charge is -2.35. The van der Waals surface area contributed by atoms with E-state index in [0.717, 1.165) is 50.6 Å². The lowest BCUT2D eigenvalue weighted by molar-refractivity contribution is 0.0746. The molecule has 3 heterocycles. The highest BCUT2D eigenvalue weighted by Crippen LogP contribution is 2.19. The fourth-order valence-electron chi connectivity index (χ4n) is 3.29. The maximum atomic E-state index is 12.7. The van der Waals surface area contributed by atoms with Crippen molar-refractivity contribution in [1.82, 2.24) is 15.2 Å². The lowest BCUT2D eigenvalue weighted by atomic mass is 10.1. The van der Waals surface area contributed by atoms with E-state index >= 15 is 0 Å². The van der Waals surface area contributed by atoms with E-state index in [4.69, 9.17) is 0 Å². The Bertz CT molecular complexity index is 708. The van der Waals surface area contributed by atoms with E-state index in [1.807, 2.05) is 41.4 Å². The largest absolute Gasteiger partial charge is 0.353 e. The van der Waals surface area contributed by atoms with E-state index in [1.54, 1.807) is 0 Å². The van der Waals surface area contributed by atoms with Gasteiger partial charge in [0.1, 0.15) is 5.82 Å². The smallest absolute Gasteiger partial charge is 0.253 e. The Morgan fingerprint density at radius 2 is 1.83 bits per heavy atom. The molecule has 5 heteroatoms. The predicted molar refractivity (Wildman–Crippen MR) is 89.3 cm³/mol. The van der Waals surface area contributed by atoms with Crippen LogP contribution >= 0.6 is 0 Å². The highest BCUT2D eigenvalue weighted by Gasteiger charge is 2.23. The van der Waals surface area contributed by atoms with Crippen LogP contribution in [0.15, 0.2) is 42.6 Å². The van der Waals surface area contributed by atoms with Gasteiger partial charge < -0.3 is 15.1 Å². The summed E-state index contributed by atoms with van der Waals surface area (Å²) in [5, 5.41) is 3.32. The van der Waals surface area contributed by atoms with Gasteiger partial charge in [0.2, 0.25) is 0 Å². The number of nitrogens with one attached hydrogen (secondary N) is 1. The third-order valence-electron chi connectivity index (χ3n) is 4.62. The monoisotopic (exact) mass is 308 g/mol. The Balaban J connectivity index is 1.43. The minimum absolute atomic E-state index is 0.139. The summed E-state index contributed by atoms with van der Waals surface area (Å²) in [4.78, 5) is 21.3. The summed E-state index contributed by atoms with van der Waals surface area (Å²) in [6, 6.07) is 12.0. The Kier molecular flexibility index (Phi) is 3.71. The first-order chi connectivity index (χ1) is 11.3. The number of carbonyl (C=O) groups excluding carboxylic acids is 1. The van der Waals surface area contributed by atoms with Crippen LogP contribution in [-0.2, 0) is 13.1 Å². The molecule has 0 unspecified atom stereocenters. The Labute approximate surface area is 135 Å².